The van der Waals surface area contributed by atoms with E-state index < -0.39 is 5.97 Å². The van der Waals surface area contributed by atoms with Gasteiger partial charge in [0.15, 0.2) is 0 Å². The van der Waals surface area contributed by atoms with Crippen LogP contribution in [0.3, 0.4) is 0 Å². The molecule has 0 aliphatic rings. The SMILES string of the molecule is [CH2-]C(=O)[O-].[Ir].[Li+]. The molecular weight excluding hydrogens is 255 g/mol. The molecular formula is C2H2IrLiO2-. The molecule has 0 N–H and O–H groups in total. The maximum Gasteiger partial charge on any atom is 1.00 e. The fourth-order valence-electron chi connectivity index (χ4n) is 0. The third kappa shape index (κ3) is 171. The zero-order chi connectivity index (χ0) is 3.58. The molecule has 2 nitrogen and oxygen atoms in total. The van der Waals surface area contributed by atoms with Gasteiger partial charge in [0, 0.05) is 20.1 Å². The molecule has 33 valence electrons. The molecule has 1 radical (unpaired) electrons. The van der Waals surface area contributed by atoms with Crippen LogP contribution in [0.15, 0.2) is 0 Å². The average Bonchev–Trinajstić information content (AvgIpc) is 0.811. The van der Waals surface area contributed by atoms with Crippen molar-refractivity contribution in [1.29, 1.82) is 0 Å². The second-order valence-corrected chi connectivity index (χ2v) is 0.372. The standard InChI is InChI=1S/C2H3O2.Ir.Li/c1-2(3)4;;/h1H2,(H,3,4);;/q-1;;+1/p-1. The zero-order valence-corrected chi connectivity index (χ0v) is 5.75. The van der Waals surface area contributed by atoms with Gasteiger partial charge < -0.3 is 16.8 Å². The molecule has 0 aliphatic carbocycles. The number of hydrogen-bond acceptors (Lipinski definition) is 2. The summed E-state index contributed by atoms with van der Waals surface area (Å²) in [7, 11) is 0. The first-order valence-corrected chi connectivity index (χ1v) is 0.762. The number of aliphatic carboxylic acids is 1. The van der Waals surface area contributed by atoms with Crippen molar-refractivity contribution < 1.29 is 48.9 Å². The van der Waals surface area contributed by atoms with Gasteiger partial charge in [0.1, 0.15) is 0 Å². The van der Waals surface area contributed by atoms with E-state index in [-0.39, 0.29) is 39.0 Å². The summed E-state index contributed by atoms with van der Waals surface area (Å²) in [6.07, 6.45) is 0. The summed E-state index contributed by atoms with van der Waals surface area (Å²) in [5.41, 5.74) is 0. The topological polar surface area (TPSA) is 40.1 Å². The summed E-state index contributed by atoms with van der Waals surface area (Å²) in [5.74, 6) is -1.33. The van der Waals surface area contributed by atoms with Gasteiger partial charge in [0.25, 0.3) is 0 Å². The van der Waals surface area contributed by atoms with Gasteiger partial charge in [0.2, 0.25) is 0 Å². The molecule has 0 heterocycles. The molecule has 0 saturated heterocycles. The Bertz CT molecular complexity index is 34.5. The van der Waals surface area contributed by atoms with Crippen LogP contribution in [0.1, 0.15) is 0 Å². The van der Waals surface area contributed by atoms with E-state index in [1.807, 2.05) is 0 Å². The largest absolute Gasteiger partial charge is 1.00 e. The van der Waals surface area contributed by atoms with Gasteiger partial charge in [-0.2, -0.15) is 0 Å². The van der Waals surface area contributed by atoms with Crippen LogP contribution in [0.4, 0.5) is 0 Å². The molecule has 0 spiro atoms. The first-order chi connectivity index (χ1) is 1.73. The Kier molecular flexibility index (Phi) is 24.3. The van der Waals surface area contributed by atoms with Crippen LogP contribution in [-0.2, 0) is 24.9 Å². The number of carboxylic acids is 1. The molecule has 0 unspecified atom stereocenters. The van der Waals surface area contributed by atoms with Gasteiger partial charge >= 0.3 is 18.9 Å². The smallest absolute Gasteiger partial charge is 0.584 e. The van der Waals surface area contributed by atoms with Crippen molar-refractivity contribution in [3.05, 3.63) is 6.92 Å². The number of carbonyl (C=O) groups excluding carboxylic acids is 1. The van der Waals surface area contributed by atoms with Crippen molar-refractivity contribution in [2.45, 2.75) is 0 Å². The Balaban J connectivity index is -0.0000000450. The van der Waals surface area contributed by atoms with Crippen molar-refractivity contribution in [2.24, 2.45) is 0 Å². The third-order valence-corrected chi connectivity index (χ3v) is 0. The summed E-state index contributed by atoms with van der Waals surface area (Å²) in [6.45, 7) is 2.44. The number of rotatable bonds is 0. The van der Waals surface area contributed by atoms with Crippen LogP contribution in [0.2, 0.25) is 0 Å². The van der Waals surface area contributed by atoms with Crippen LogP contribution in [0.5, 0.6) is 0 Å². The fraction of sp³-hybridized carbons (Fsp3) is 0. The molecule has 0 rings (SSSR count). The number of hydrogen-bond donors (Lipinski definition) is 0. The normalized spacial score (nSPS) is 4.00. The molecule has 0 aromatic carbocycles. The summed E-state index contributed by atoms with van der Waals surface area (Å²) in [5, 5.41) is 8.78. The molecule has 0 amide bonds. The quantitative estimate of drug-likeness (QED) is 0.324. The average molecular weight is 257 g/mol. The minimum Gasteiger partial charge on any atom is -0.584 e. The van der Waals surface area contributed by atoms with E-state index in [1.165, 1.54) is 0 Å². The van der Waals surface area contributed by atoms with Gasteiger partial charge in [0.05, 0.1) is 0 Å². The minimum absolute atomic E-state index is 0. The van der Waals surface area contributed by atoms with Crippen LogP contribution >= 0.6 is 0 Å². The van der Waals surface area contributed by atoms with Crippen molar-refractivity contribution in [2.75, 3.05) is 0 Å². The maximum absolute atomic E-state index is 8.78. The minimum atomic E-state index is -1.33. The van der Waals surface area contributed by atoms with Crippen molar-refractivity contribution in [1.82, 2.24) is 0 Å². The second-order valence-electron chi connectivity index (χ2n) is 0.372. The molecule has 0 bridgehead atoms. The number of carbonyl (C=O) groups is 1. The van der Waals surface area contributed by atoms with Gasteiger partial charge in [-0.15, -0.1) is 5.97 Å². The van der Waals surface area contributed by atoms with Crippen molar-refractivity contribution in [3.8, 4) is 0 Å². The molecule has 0 aromatic rings. The van der Waals surface area contributed by atoms with Crippen LogP contribution in [0.25, 0.3) is 0 Å². The summed E-state index contributed by atoms with van der Waals surface area (Å²) in [4.78, 5) is 8.78. The monoisotopic (exact) mass is 258 g/mol. The molecule has 0 aliphatic heterocycles. The summed E-state index contributed by atoms with van der Waals surface area (Å²) >= 11 is 0. The predicted molar refractivity (Wildman–Crippen MR) is 10.4 cm³/mol. The summed E-state index contributed by atoms with van der Waals surface area (Å²) in [6, 6.07) is 0. The third-order valence-electron chi connectivity index (χ3n) is 0. The first-order valence-electron chi connectivity index (χ1n) is 0.762. The Morgan fingerprint density at radius 3 is 1.67 bits per heavy atom. The Morgan fingerprint density at radius 2 is 1.67 bits per heavy atom. The molecule has 0 atom stereocenters. The predicted octanol–water partition coefficient (Wildman–Crippen LogP) is -4.43. The molecule has 0 saturated carbocycles. The van der Waals surface area contributed by atoms with E-state index in [9.17, 15) is 0 Å². The van der Waals surface area contributed by atoms with Crippen molar-refractivity contribution in [3.63, 3.8) is 0 Å². The fourth-order valence-corrected chi connectivity index (χ4v) is 0. The Hall–Kier alpha value is 0.587. The van der Waals surface area contributed by atoms with E-state index >= 15 is 0 Å². The van der Waals surface area contributed by atoms with E-state index in [0.717, 1.165) is 0 Å². The van der Waals surface area contributed by atoms with E-state index in [2.05, 4.69) is 6.92 Å². The summed E-state index contributed by atoms with van der Waals surface area (Å²) < 4.78 is 0. The zero-order valence-electron chi connectivity index (χ0n) is 3.36. The van der Waals surface area contributed by atoms with Crippen molar-refractivity contribution >= 4 is 5.97 Å². The number of carboxylic acid groups (broad SMARTS) is 1. The molecule has 0 fully saturated rings. The maximum atomic E-state index is 8.78. The van der Waals surface area contributed by atoms with Crippen LogP contribution < -0.4 is 24.0 Å². The van der Waals surface area contributed by atoms with Crippen LogP contribution in [-0.4, -0.2) is 5.97 Å². The van der Waals surface area contributed by atoms with E-state index in [4.69, 9.17) is 9.90 Å². The van der Waals surface area contributed by atoms with Gasteiger partial charge in [-0.25, -0.2) is 0 Å². The molecule has 4 heteroatoms. The van der Waals surface area contributed by atoms with Crippen LogP contribution in [0, 0.1) is 6.92 Å². The van der Waals surface area contributed by atoms with Gasteiger partial charge in [-0.3, -0.25) is 0 Å². The first kappa shape index (κ1) is 16.0. The Labute approximate surface area is 61.8 Å². The molecule has 6 heavy (non-hydrogen) atoms. The second kappa shape index (κ2) is 9.14. The van der Waals surface area contributed by atoms with E-state index in [0.29, 0.717) is 0 Å². The van der Waals surface area contributed by atoms with Gasteiger partial charge in [-0.05, 0) is 0 Å². The Morgan fingerprint density at radius 1 is 1.67 bits per heavy atom. The molecule has 0 aromatic heterocycles. The van der Waals surface area contributed by atoms with E-state index in [1.54, 1.807) is 0 Å². The van der Waals surface area contributed by atoms with Gasteiger partial charge in [-0.1, -0.05) is 0 Å².